The van der Waals surface area contributed by atoms with Crippen LogP contribution in [0.2, 0.25) is 0 Å². The molecule has 0 N–H and O–H groups in total. The molecule has 4 rings (SSSR count). The zero-order valence-electron chi connectivity index (χ0n) is 14.0. The molecule has 3 aromatic carbocycles. The van der Waals surface area contributed by atoms with Crippen molar-refractivity contribution in [2.24, 2.45) is 0 Å². The monoisotopic (exact) mass is 378 g/mol. The van der Waals surface area contributed by atoms with Crippen molar-refractivity contribution in [1.29, 1.82) is 0 Å². The Labute approximate surface area is 155 Å². The molecule has 0 amide bonds. The fraction of sp³-hybridized carbons (Fsp3) is 0. The van der Waals surface area contributed by atoms with Crippen LogP contribution in [0.5, 0.6) is 0 Å². The summed E-state index contributed by atoms with van der Waals surface area (Å²) in [7, 11) is -3.77. The van der Waals surface area contributed by atoms with Gasteiger partial charge in [-0.3, -0.25) is 10.1 Å². The number of nitrogens with zero attached hydrogens (tertiary/aromatic N) is 2. The predicted octanol–water partition coefficient (Wildman–Crippen LogP) is 4.45. The van der Waals surface area contributed by atoms with Gasteiger partial charge < -0.3 is 0 Å². The van der Waals surface area contributed by atoms with Gasteiger partial charge in [-0.1, -0.05) is 36.4 Å². The Morgan fingerprint density at radius 1 is 0.815 bits per heavy atom. The van der Waals surface area contributed by atoms with Gasteiger partial charge in [0.2, 0.25) is 0 Å². The SMILES string of the molecule is O=[N+]([O-])c1ccc(-c2cn(S(=O)(=O)c3ccccc3)c3ccccc23)cc1. The van der Waals surface area contributed by atoms with Gasteiger partial charge in [0.1, 0.15) is 0 Å². The highest BCUT2D eigenvalue weighted by Gasteiger charge is 2.21. The Balaban J connectivity index is 1.94. The van der Waals surface area contributed by atoms with Gasteiger partial charge in [-0.2, -0.15) is 0 Å². The van der Waals surface area contributed by atoms with Crippen LogP contribution in [0, 0.1) is 10.1 Å². The van der Waals surface area contributed by atoms with Crippen LogP contribution in [0.3, 0.4) is 0 Å². The van der Waals surface area contributed by atoms with Crippen molar-refractivity contribution in [3.8, 4) is 11.1 Å². The fourth-order valence-corrected chi connectivity index (χ4v) is 4.44. The molecule has 0 unspecified atom stereocenters. The molecule has 0 atom stereocenters. The van der Waals surface area contributed by atoms with Crippen LogP contribution in [0.15, 0.2) is 90.0 Å². The molecule has 0 fully saturated rings. The van der Waals surface area contributed by atoms with Crippen LogP contribution in [-0.2, 0) is 10.0 Å². The number of nitro groups is 1. The highest BCUT2D eigenvalue weighted by atomic mass is 32.2. The third kappa shape index (κ3) is 2.88. The van der Waals surface area contributed by atoms with E-state index in [1.54, 1.807) is 60.8 Å². The van der Waals surface area contributed by atoms with Gasteiger partial charge in [-0.05, 0) is 35.9 Å². The van der Waals surface area contributed by atoms with Crippen molar-refractivity contribution >= 4 is 26.6 Å². The molecule has 134 valence electrons. The summed E-state index contributed by atoms with van der Waals surface area (Å²) in [5.41, 5.74) is 1.94. The van der Waals surface area contributed by atoms with E-state index >= 15 is 0 Å². The minimum atomic E-state index is -3.77. The maximum Gasteiger partial charge on any atom is 0.269 e. The van der Waals surface area contributed by atoms with Gasteiger partial charge in [0.25, 0.3) is 15.7 Å². The first kappa shape index (κ1) is 17.0. The Morgan fingerprint density at radius 3 is 2.11 bits per heavy atom. The van der Waals surface area contributed by atoms with E-state index in [4.69, 9.17) is 0 Å². The van der Waals surface area contributed by atoms with Gasteiger partial charge >= 0.3 is 0 Å². The lowest BCUT2D eigenvalue weighted by atomic mass is 10.0. The standard InChI is InChI=1S/C20H14N2O4S/c23-22(24)16-12-10-15(11-13-16)19-14-21(20-9-5-4-8-18(19)20)27(25,26)17-6-2-1-3-7-17/h1-14H. The van der Waals surface area contributed by atoms with Crippen molar-refractivity contribution in [2.75, 3.05) is 0 Å². The zero-order valence-corrected chi connectivity index (χ0v) is 14.8. The first-order chi connectivity index (χ1) is 13.0. The van der Waals surface area contributed by atoms with E-state index in [0.29, 0.717) is 16.6 Å². The molecule has 6 nitrogen and oxygen atoms in total. The molecular formula is C20H14N2O4S. The number of hydrogen-bond acceptors (Lipinski definition) is 4. The third-order valence-electron chi connectivity index (χ3n) is 4.37. The van der Waals surface area contributed by atoms with Gasteiger partial charge in [0, 0.05) is 29.3 Å². The second kappa shape index (κ2) is 6.37. The van der Waals surface area contributed by atoms with Crippen molar-refractivity contribution in [2.45, 2.75) is 4.90 Å². The number of rotatable bonds is 4. The minimum absolute atomic E-state index is 0.0144. The Bertz CT molecular complexity index is 1240. The van der Waals surface area contributed by atoms with Gasteiger partial charge in [0.05, 0.1) is 15.3 Å². The minimum Gasteiger partial charge on any atom is -0.258 e. The van der Waals surface area contributed by atoms with Crippen molar-refractivity contribution in [1.82, 2.24) is 3.97 Å². The quantitative estimate of drug-likeness (QED) is 0.388. The lowest BCUT2D eigenvalue weighted by Gasteiger charge is -2.07. The molecular weight excluding hydrogens is 364 g/mol. The molecule has 0 aliphatic rings. The molecule has 1 heterocycles. The Morgan fingerprint density at radius 2 is 1.44 bits per heavy atom. The maximum atomic E-state index is 13.1. The van der Waals surface area contributed by atoms with Crippen LogP contribution in [-0.4, -0.2) is 17.3 Å². The van der Waals surface area contributed by atoms with E-state index in [0.717, 1.165) is 5.39 Å². The molecule has 4 aromatic rings. The average Bonchev–Trinajstić information content (AvgIpc) is 3.09. The molecule has 0 aliphatic heterocycles. The third-order valence-corrected chi connectivity index (χ3v) is 6.06. The summed E-state index contributed by atoms with van der Waals surface area (Å²) >= 11 is 0. The summed E-state index contributed by atoms with van der Waals surface area (Å²) in [6.45, 7) is 0. The fourth-order valence-electron chi connectivity index (χ4n) is 3.05. The molecule has 7 heteroatoms. The van der Waals surface area contributed by atoms with E-state index in [1.165, 1.54) is 16.1 Å². The summed E-state index contributed by atoms with van der Waals surface area (Å²) < 4.78 is 27.5. The maximum absolute atomic E-state index is 13.1. The molecule has 0 aliphatic carbocycles. The largest absolute Gasteiger partial charge is 0.269 e. The van der Waals surface area contributed by atoms with Crippen LogP contribution in [0.1, 0.15) is 0 Å². The number of para-hydroxylation sites is 1. The van der Waals surface area contributed by atoms with Crippen LogP contribution in [0.4, 0.5) is 5.69 Å². The van der Waals surface area contributed by atoms with Crippen molar-refractivity contribution in [3.05, 3.63) is 95.2 Å². The summed E-state index contributed by atoms with van der Waals surface area (Å²) in [5, 5.41) is 11.6. The summed E-state index contributed by atoms with van der Waals surface area (Å²) in [6, 6.07) is 21.5. The zero-order chi connectivity index (χ0) is 19.0. The van der Waals surface area contributed by atoms with E-state index < -0.39 is 14.9 Å². The molecule has 0 saturated carbocycles. The highest BCUT2D eigenvalue weighted by Crippen LogP contribution is 2.33. The van der Waals surface area contributed by atoms with E-state index in [1.807, 2.05) is 12.1 Å². The molecule has 27 heavy (non-hydrogen) atoms. The van der Waals surface area contributed by atoms with Gasteiger partial charge in [-0.15, -0.1) is 0 Å². The van der Waals surface area contributed by atoms with Gasteiger partial charge in [0.15, 0.2) is 0 Å². The lowest BCUT2D eigenvalue weighted by molar-refractivity contribution is -0.384. The Kier molecular flexibility index (Phi) is 4.01. The number of non-ortho nitro benzene ring substituents is 1. The Hall–Kier alpha value is -3.45. The van der Waals surface area contributed by atoms with Crippen molar-refractivity contribution < 1.29 is 13.3 Å². The predicted molar refractivity (Wildman–Crippen MR) is 103 cm³/mol. The van der Waals surface area contributed by atoms with E-state index in [9.17, 15) is 18.5 Å². The number of aromatic nitrogens is 1. The van der Waals surface area contributed by atoms with Crippen LogP contribution < -0.4 is 0 Å². The molecule has 0 saturated heterocycles. The normalized spacial score (nSPS) is 11.6. The number of nitro benzene ring substituents is 1. The number of benzene rings is 3. The number of hydrogen-bond donors (Lipinski definition) is 0. The average molecular weight is 378 g/mol. The first-order valence-corrected chi connectivity index (χ1v) is 9.58. The second-order valence-corrected chi connectivity index (χ2v) is 7.79. The molecule has 0 bridgehead atoms. The topological polar surface area (TPSA) is 82.2 Å². The van der Waals surface area contributed by atoms with Gasteiger partial charge in [-0.25, -0.2) is 12.4 Å². The van der Waals surface area contributed by atoms with Crippen LogP contribution in [0.25, 0.3) is 22.0 Å². The number of fused-ring (bicyclic) bond motifs is 1. The molecule has 1 aromatic heterocycles. The molecule has 0 spiro atoms. The first-order valence-electron chi connectivity index (χ1n) is 8.14. The summed E-state index contributed by atoms with van der Waals surface area (Å²) in [6.07, 6.45) is 1.56. The van der Waals surface area contributed by atoms with Crippen molar-refractivity contribution in [3.63, 3.8) is 0 Å². The van der Waals surface area contributed by atoms with E-state index in [2.05, 4.69) is 0 Å². The highest BCUT2D eigenvalue weighted by molar-refractivity contribution is 7.90. The lowest BCUT2D eigenvalue weighted by Crippen LogP contribution is -2.11. The summed E-state index contributed by atoms with van der Waals surface area (Å²) in [4.78, 5) is 10.6. The second-order valence-electron chi connectivity index (χ2n) is 5.98. The smallest absolute Gasteiger partial charge is 0.258 e. The van der Waals surface area contributed by atoms with Crippen LogP contribution >= 0.6 is 0 Å². The molecule has 0 radical (unpaired) electrons. The van der Waals surface area contributed by atoms with E-state index in [-0.39, 0.29) is 10.6 Å². The summed E-state index contributed by atoms with van der Waals surface area (Å²) in [5.74, 6) is 0.